The molecule has 26 heavy (non-hydrogen) atoms. The molecule has 0 aliphatic carbocycles. The average molecular weight is 397 g/mol. The Morgan fingerprint density at radius 1 is 1.15 bits per heavy atom. The van der Waals surface area contributed by atoms with Gasteiger partial charge in [0.15, 0.2) is 0 Å². The van der Waals surface area contributed by atoms with E-state index in [-0.39, 0.29) is 21.5 Å². The Labute approximate surface area is 156 Å². The topological polar surface area (TPSA) is 69.7 Å². The maximum atomic E-state index is 13.0. The highest BCUT2D eigenvalue weighted by Gasteiger charge is 2.32. The number of hydrogen-bond acceptors (Lipinski definition) is 5. The number of thiophene rings is 1. The number of sulfonamides is 1. The zero-order valence-corrected chi connectivity index (χ0v) is 15.9. The molecular weight excluding hydrogens is 377 g/mol. The van der Waals surface area contributed by atoms with Gasteiger partial charge in [-0.25, -0.2) is 12.8 Å². The minimum absolute atomic E-state index is 0.0590. The number of anilines is 1. The molecule has 0 spiro atoms. The van der Waals surface area contributed by atoms with Crippen molar-refractivity contribution in [2.75, 3.05) is 37.6 Å². The van der Waals surface area contributed by atoms with Crippen molar-refractivity contribution >= 4 is 33.0 Å². The minimum atomic E-state index is -3.73. The summed E-state index contributed by atoms with van der Waals surface area (Å²) >= 11 is 1.12. The molecule has 0 bridgehead atoms. The SMILES string of the molecule is CCNC(=O)c1sccc1S(=O)(=O)N1CCN(c2ccc(F)cc2)CC1. The first kappa shape index (κ1) is 18.8. The number of carbonyl (C=O) groups excluding carboxylic acids is 1. The van der Waals surface area contributed by atoms with Crippen LogP contribution in [0.5, 0.6) is 0 Å². The quantitative estimate of drug-likeness (QED) is 0.839. The van der Waals surface area contributed by atoms with E-state index in [0.29, 0.717) is 32.7 Å². The van der Waals surface area contributed by atoms with Gasteiger partial charge in [-0.3, -0.25) is 4.79 Å². The lowest BCUT2D eigenvalue weighted by atomic mass is 10.2. The second-order valence-electron chi connectivity index (χ2n) is 5.84. The summed E-state index contributed by atoms with van der Waals surface area (Å²) in [5.41, 5.74) is 0.863. The van der Waals surface area contributed by atoms with Gasteiger partial charge in [-0.1, -0.05) is 0 Å². The molecule has 0 unspecified atom stereocenters. The van der Waals surface area contributed by atoms with Crippen LogP contribution in [0.1, 0.15) is 16.6 Å². The Bertz CT molecular complexity index is 873. The molecule has 0 saturated carbocycles. The molecule has 6 nitrogen and oxygen atoms in total. The standard InChI is InChI=1S/C17H20FN3O3S2/c1-2-19-17(22)16-15(7-12-25-16)26(23,24)21-10-8-20(9-11-21)14-5-3-13(18)4-6-14/h3-7,12H,2,8-11H2,1H3,(H,19,22). The van der Waals surface area contributed by atoms with Gasteiger partial charge in [0.05, 0.1) is 0 Å². The van der Waals surface area contributed by atoms with Gasteiger partial charge in [-0.05, 0) is 42.6 Å². The number of halogens is 1. The van der Waals surface area contributed by atoms with E-state index >= 15 is 0 Å². The lowest BCUT2D eigenvalue weighted by molar-refractivity contribution is 0.0956. The van der Waals surface area contributed by atoms with E-state index in [2.05, 4.69) is 5.32 Å². The molecule has 3 rings (SSSR count). The van der Waals surface area contributed by atoms with E-state index in [1.807, 2.05) is 4.90 Å². The predicted molar refractivity (Wildman–Crippen MR) is 99.7 cm³/mol. The molecule has 1 aromatic carbocycles. The molecule has 2 heterocycles. The summed E-state index contributed by atoms with van der Waals surface area (Å²) in [4.78, 5) is 14.4. The number of carbonyl (C=O) groups is 1. The predicted octanol–water partition coefficient (Wildman–Crippen LogP) is 2.15. The molecule has 2 aromatic rings. The van der Waals surface area contributed by atoms with Crippen molar-refractivity contribution < 1.29 is 17.6 Å². The number of nitrogens with one attached hydrogen (secondary N) is 1. The molecule has 1 aliphatic heterocycles. The largest absolute Gasteiger partial charge is 0.369 e. The Morgan fingerprint density at radius 3 is 2.42 bits per heavy atom. The van der Waals surface area contributed by atoms with Crippen LogP contribution in [0.3, 0.4) is 0 Å². The zero-order valence-electron chi connectivity index (χ0n) is 14.3. The fourth-order valence-corrected chi connectivity index (χ4v) is 5.62. The van der Waals surface area contributed by atoms with Crippen LogP contribution in [-0.4, -0.2) is 51.4 Å². The fraction of sp³-hybridized carbons (Fsp3) is 0.353. The highest BCUT2D eigenvalue weighted by molar-refractivity contribution is 7.89. The Hall–Kier alpha value is -1.97. The van der Waals surface area contributed by atoms with Crippen LogP contribution in [0.15, 0.2) is 40.6 Å². The lowest BCUT2D eigenvalue weighted by Gasteiger charge is -2.35. The first-order chi connectivity index (χ1) is 12.4. The van der Waals surface area contributed by atoms with E-state index in [0.717, 1.165) is 17.0 Å². The van der Waals surface area contributed by atoms with E-state index in [9.17, 15) is 17.6 Å². The third-order valence-electron chi connectivity index (χ3n) is 4.22. The van der Waals surface area contributed by atoms with Crippen molar-refractivity contribution in [3.05, 3.63) is 46.4 Å². The highest BCUT2D eigenvalue weighted by Crippen LogP contribution is 2.27. The van der Waals surface area contributed by atoms with Gasteiger partial charge in [0.2, 0.25) is 10.0 Å². The lowest BCUT2D eigenvalue weighted by Crippen LogP contribution is -2.48. The van der Waals surface area contributed by atoms with Crippen LogP contribution in [0, 0.1) is 5.82 Å². The first-order valence-electron chi connectivity index (χ1n) is 8.30. The third-order valence-corrected chi connectivity index (χ3v) is 7.20. The van der Waals surface area contributed by atoms with Crippen LogP contribution in [0.2, 0.25) is 0 Å². The van der Waals surface area contributed by atoms with Gasteiger partial charge >= 0.3 is 0 Å². The number of rotatable bonds is 5. The monoisotopic (exact) mass is 397 g/mol. The molecule has 9 heteroatoms. The van der Waals surface area contributed by atoms with E-state index < -0.39 is 10.0 Å². The summed E-state index contributed by atoms with van der Waals surface area (Å²) in [7, 11) is -3.73. The van der Waals surface area contributed by atoms with Crippen molar-refractivity contribution in [1.82, 2.24) is 9.62 Å². The molecular formula is C17H20FN3O3S2. The number of amides is 1. The zero-order chi connectivity index (χ0) is 18.7. The maximum absolute atomic E-state index is 13.0. The van der Waals surface area contributed by atoms with Gasteiger partial charge in [0, 0.05) is 38.4 Å². The third kappa shape index (κ3) is 3.74. The fourth-order valence-electron chi connectivity index (χ4n) is 2.88. The van der Waals surface area contributed by atoms with Gasteiger partial charge in [-0.2, -0.15) is 4.31 Å². The van der Waals surface area contributed by atoms with Crippen molar-refractivity contribution in [3.63, 3.8) is 0 Å². The summed E-state index contributed by atoms with van der Waals surface area (Å²) in [6, 6.07) is 7.64. The second kappa shape index (κ2) is 7.73. The summed E-state index contributed by atoms with van der Waals surface area (Å²) in [5.74, 6) is -0.670. The van der Waals surface area contributed by atoms with Gasteiger partial charge in [0.1, 0.15) is 15.6 Å². The Kier molecular flexibility index (Phi) is 5.59. The van der Waals surface area contributed by atoms with E-state index in [1.54, 1.807) is 24.4 Å². The van der Waals surface area contributed by atoms with Crippen molar-refractivity contribution in [1.29, 1.82) is 0 Å². The summed E-state index contributed by atoms with van der Waals surface area (Å²) < 4.78 is 40.4. The van der Waals surface area contributed by atoms with Gasteiger partial charge < -0.3 is 10.2 Å². The molecule has 0 atom stereocenters. The maximum Gasteiger partial charge on any atom is 0.262 e. The van der Waals surface area contributed by atoms with E-state index in [1.165, 1.54) is 22.5 Å². The molecule has 1 saturated heterocycles. The Morgan fingerprint density at radius 2 is 1.81 bits per heavy atom. The van der Waals surface area contributed by atoms with Crippen LogP contribution < -0.4 is 10.2 Å². The summed E-state index contributed by atoms with van der Waals surface area (Å²) in [6.45, 7) is 3.85. The van der Waals surface area contributed by atoms with Crippen molar-refractivity contribution in [2.45, 2.75) is 11.8 Å². The number of piperazine rings is 1. The smallest absolute Gasteiger partial charge is 0.262 e. The molecule has 1 aromatic heterocycles. The molecule has 0 radical (unpaired) electrons. The van der Waals surface area contributed by atoms with Gasteiger partial charge in [0.25, 0.3) is 5.91 Å². The molecule has 1 amide bonds. The number of hydrogen-bond donors (Lipinski definition) is 1. The molecule has 1 aliphatic rings. The number of nitrogens with zero attached hydrogens (tertiary/aromatic N) is 2. The number of benzene rings is 1. The first-order valence-corrected chi connectivity index (χ1v) is 10.6. The summed E-state index contributed by atoms with van der Waals surface area (Å²) in [6.07, 6.45) is 0. The van der Waals surface area contributed by atoms with Crippen LogP contribution >= 0.6 is 11.3 Å². The van der Waals surface area contributed by atoms with Crippen LogP contribution in [0.25, 0.3) is 0 Å². The molecule has 1 N–H and O–H groups in total. The average Bonchev–Trinajstić information content (AvgIpc) is 3.13. The second-order valence-corrected chi connectivity index (χ2v) is 8.66. The summed E-state index contributed by atoms with van der Waals surface area (Å²) in [5, 5.41) is 4.26. The van der Waals surface area contributed by atoms with Crippen LogP contribution in [0.4, 0.5) is 10.1 Å². The van der Waals surface area contributed by atoms with E-state index in [4.69, 9.17) is 0 Å². The highest BCUT2D eigenvalue weighted by atomic mass is 32.2. The minimum Gasteiger partial charge on any atom is -0.369 e. The van der Waals surface area contributed by atoms with Crippen molar-refractivity contribution in [2.24, 2.45) is 0 Å². The van der Waals surface area contributed by atoms with Crippen LogP contribution in [-0.2, 0) is 10.0 Å². The normalized spacial score (nSPS) is 15.8. The van der Waals surface area contributed by atoms with Gasteiger partial charge in [-0.15, -0.1) is 11.3 Å². The molecule has 1 fully saturated rings. The Balaban J connectivity index is 1.73. The van der Waals surface area contributed by atoms with Crippen molar-refractivity contribution in [3.8, 4) is 0 Å². The molecule has 140 valence electrons.